The van der Waals surface area contributed by atoms with Gasteiger partial charge in [-0.2, -0.15) is 0 Å². The number of H-pyrrole nitrogens is 1. The molecular formula is C29H32F2N6O. The van der Waals surface area contributed by atoms with Crippen molar-refractivity contribution in [3.05, 3.63) is 66.4 Å². The fourth-order valence-electron chi connectivity index (χ4n) is 5.72. The van der Waals surface area contributed by atoms with Crippen LogP contribution < -0.4 is 10.6 Å². The molecule has 0 spiro atoms. The van der Waals surface area contributed by atoms with E-state index in [0.29, 0.717) is 22.6 Å². The average molecular weight is 519 g/mol. The molecule has 2 aromatic carbocycles. The highest BCUT2D eigenvalue weighted by Crippen LogP contribution is 2.32. The van der Waals surface area contributed by atoms with Crippen molar-refractivity contribution in [1.29, 1.82) is 0 Å². The standard InChI is InChI=1S/C29H32F2N6O/c30-19-13-22-23(17-32-27(22)24(31)14-19)28-35-25(18-7-2-1-3-8-18)16-26(36-28)33-20-9-6-10-21(15-20)34-29(38)37-11-4-5-12-37/h1-3,7-8,13-14,16-17,20-21,29,32,34,38H,4-6,9-12,15H2,(H,33,35,36)/t20-,21?,29?/m1/s1. The highest BCUT2D eigenvalue weighted by atomic mass is 19.1. The first kappa shape index (κ1) is 24.9. The molecule has 198 valence electrons. The fourth-order valence-corrected chi connectivity index (χ4v) is 5.72. The Kier molecular flexibility index (Phi) is 7.06. The second-order valence-electron chi connectivity index (χ2n) is 10.3. The number of hydrogen-bond acceptors (Lipinski definition) is 6. The number of aromatic amines is 1. The van der Waals surface area contributed by atoms with Gasteiger partial charge in [-0.1, -0.05) is 30.3 Å². The van der Waals surface area contributed by atoms with E-state index in [0.717, 1.165) is 68.9 Å². The molecule has 7 nitrogen and oxygen atoms in total. The molecule has 0 amide bonds. The van der Waals surface area contributed by atoms with Crippen molar-refractivity contribution in [3.8, 4) is 22.6 Å². The van der Waals surface area contributed by atoms with Gasteiger partial charge in [0.2, 0.25) is 0 Å². The largest absolute Gasteiger partial charge is 0.367 e. The van der Waals surface area contributed by atoms with Crippen LogP contribution in [0.15, 0.2) is 54.7 Å². The van der Waals surface area contributed by atoms with Crippen LogP contribution in [0.2, 0.25) is 0 Å². The molecule has 9 heteroatoms. The molecule has 2 unspecified atom stereocenters. The number of nitrogens with zero attached hydrogens (tertiary/aromatic N) is 3. The van der Waals surface area contributed by atoms with E-state index in [2.05, 4.69) is 20.5 Å². The van der Waals surface area contributed by atoms with Gasteiger partial charge in [0.05, 0.1) is 11.2 Å². The zero-order valence-electron chi connectivity index (χ0n) is 21.1. The van der Waals surface area contributed by atoms with Crippen molar-refractivity contribution in [3.63, 3.8) is 0 Å². The number of halogens is 2. The lowest BCUT2D eigenvalue weighted by Crippen LogP contribution is -2.51. The van der Waals surface area contributed by atoms with Gasteiger partial charge in [-0.3, -0.25) is 10.2 Å². The van der Waals surface area contributed by atoms with E-state index < -0.39 is 18.0 Å². The van der Waals surface area contributed by atoms with E-state index in [1.54, 1.807) is 6.20 Å². The van der Waals surface area contributed by atoms with Crippen LogP contribution in [0.1, 0.15) is 38.5 Å². The van der Waals surface area contributed by atoms with Crippen LogP contribution in [0.25, 0.3) is 33.5 Å². The summed E-state index contributed by atoms with van der Waals surface area (Å²) in [5.41, 5.74) is 2.41. The lowest BCUT2D eigenvalue weighted by molar-refractivity contribution is -0.0196. The molecule has 1 aliphatic carbocycles. The minimum absolute atomic E-state index is 0.163. The van der Waals surface area contributed by atoms with Crippen LogP contribution in [0.3, 0.4) is 0 Å². The van der Waals surface area contributed by atoms with Crippen molar-refractivity contribution in [2.45, 2.75) is 57.0 Å². The molecule has 6 rings (SSSR count). The summed E-state index contributed by atoms with van der Waals surface area (Å²) in [6.07, 6.45) is 7.16. The van der Waals surface area contributed by atoms with Crippen molar-refractivity contribution in [1.82, 2.24) is 25.2 Å². The molecule has 4 N–H and O–H groups in total. The van der Waals surface area contributed by atoms with Gasteiger partial charge in [0, 0.05) is 60.0 Å². The monoisotopic (exact) mass is 518 g/mol. The molecule has 2 aromatic heterocycles. The molecule has 0 radical (unpaired) electrons. The first-order valence-electron chi connectivity index (χ1n) is 13.4. The van der Waals surface area contributed by atoms with Crippen molar-refractivity contribution < 1.29 is 13.9 Å². The summed E-state index contributed by atoms with van der Waals surface area (Å²) in [6, 6.07) is 14.3. The third kappa shape index (κ3) is 5.27. The second-order valence-corrected chi connectivity index (χ2v) is 10.3. The molecule has 1 saturated carbocycles. The minimum Gasteiger partial charge on any atom is -0.367 e. The molecule has 1 saturated heterocycles. The molecule has 38 heavy (non-hydrogen) atoms. The molecule has 2 fully saturated rings. The second kappa shape index (κ2) is 10.8. The zero-order chi connectivity index (χ0) is 26.1. The van der Waals surface area contributed by atoms with Gasteiger partial charge in [0.15, 0.2) is 12.2 Å². The lowest BCUT2D eigenvalue weighted by Gasteiger charge is -2.34. The quantitative estimate of drug-likeness (QED) is 0.250. The first-order chi connectivity index (χ1) is 18.5. The topological polar surface area (TPSA) is 89.1 Å². The van der Waals surface area contributed by atoms with E-state index in [-0.39, 0.29) is 17.6 Å². The number of hydrogen-bond donors (Lipinski definition) is 4. The van der Waals surface area contributed by atoms with E-state index >= 15 is 0 Å². The molecule has 2 aliphatic rings. The van der Waals surface area contributed by atoms with Crippen LogP contribution in [0.5, 0.6) is 0 Å². The lowest BCUT2D eigenvalue weighted by atomic mass is 9.91. The zero-order valence-corrected chi connectivity index (χ0v) is 21.1. The maximum atomic E-state index is 14.4. The third-order valence-corrected chi connectivity index (χ3v) is 7.64. The number of benzene rings is 2. The Labute approximate surface area is 220 Å². The Balaban J connectivity index is 1.29. The van der Waals surface area contributed by atoms with Crippen molar-refractivity contribution in [2.24, 2.45) is 0 Å². The van der Waals surface area contributed by atoms with E-state index in [4.69, 9.17) is 9.97 Å². The molecule has 1 aliphatic heterocycles. The van der Waals surface area contributed by atoms with Gasteiger partial charge < -0.3 is 15.4 Å². The number of aromatic nitrogens is 3. The Bertz CT molecular complexity index is 1410. The molecule has 0 bridgehead atoms. The number of likely N-dealkylation sites (tertiary alicyclic amines) is 1. The fraction of sp³-hybridized carbons (Fsp3) is 0.379. The van der Waals surface area contributed by atoms with Gasteiger partial charge >= 0.3 is 0 Å². The summed E-state index contributed by atoms with van der Waals surface area (Å²) in [5, 5.41) is 18.0. The number of anilines is 1. The van der Waals surface area contributed by atoms with E-state index in [9.17, 15) is 13.9 Å². The SMILES string of the molecule is OC(NC1CCC[C@@H](Nc2cc(-c3ccccc3)nc(-c3c[nH]c4c(F)cc(F)cc34)n2)C1)N1CCCC1. The maximum absolute atomic E-state index is 14.4. The summed E-state index contributed by atoms with van der Waals surface area (Å²) >= 11 is 0. The smallest absolute Gasteiger partial charge is 0.164 e. The van der Waals surface area contributed by atoms with Gasteiger partial charge in [0.1, 0.15) is 17.5 Å². The summed E-state index contributed by atoms with van der Waals surface area (Å²) in [5.74, 6) is -0.253. The minimum atomic E-state index is -0.652. The van der Waals surface area contributed by atoms with Gasteiger partial charge in [-0.15, -0.1) is 0 Å². The highest BCUT2D eigenvalue weighted by Gasteiger charge is 2.27. The molecule has 4 aromatic rings. The summed E-state index contributed by atoms with van der Waals surface area (Å²) < 4.78 is 28.5. The predicted molar refractivity (Wildman–Crippen MR) is 144 cm³/mol. The summed E-state index contributed by atoms with van der Waals surface area (Å²) in [4.78, 5) is 14.6. The third-order valence-electron chi connectivity index (χ3n) is 7.64. The molecular weight excluding hydrogens is 486 g/mol. The Hall–Kier alpha value is -3.40. The van der Waals surface area contributed by atoms with Gasteiger partial charge in [-0.25, -0.2) is 18.7 Å². The predicted octanol–water partition coefficient (Wildman–Crippen LogP) is 5.25. The first-order valence-corrected chi connectivity index (χ1v) is 13.4. The number of nitrogens with one attached hydrogen (secondary N) is 3. The van der Waals surface area contributed by atoms with E-state index in [1.807, 2.05) is 36.4 Å². The average Bonchev–Trinajstić information content (AvgIpc) is 3.60. The van der Waals surface area contributed by atoms with Crippen LogP contribution in [-0.2, 0) is 0 Å². The van der Waals surface area contributed by atoms with Crippen LogP contribution in [0.4, 0.5) is 14.6 Å². The molecule has 3 atom stereocenters. The Morgan fingerprint density at radius 1 is 0.974 bits per heavy atom. The van der Waals surface area contributed by atoms with Crippen molar-refractivity contribution >= 4 is 16.7 Å². The normalized spacial score (nSPS) is 21.1. The summed E-state index contributed by atoms with van der Waals surface area (Å²) in [6.45, 7) is 1.85. The van der Waals surface area contributed by atoms with Gasteiger partial charge in [-0.05, 0) is 44.6 Å². The van der Waals surface area contributed by atoms with Crippen molar-refractivity contribution in [2.75, 3.05) is 18.4 Å². The number of fused-ring (bicyclic) bond motifs is 1. The van der Waals surface area contributed by atoms with E-state index in [1.165, 1.54) is 6.07 Å². The Morgan fingerprint density at radius 3 is 2.58 bits per heavy atom. The van der Waals surface area contributed by atoms with Crippen LogP contribution in [0, 0.1) is 11.6 Å². The van der Waals surface area contributed by atoms with Crippen LogP contribution >= 0.6 is 0 Å². The van der Waals surface area contributed by atoms with Gasteiger partial charge in [0.25, 0.3) is 0 Å². The summed E-state index contributed by atoms with van der Waals surface area (Å²) in [7, 11) is 0. The maximum Gasteiger partial charge on any atom is 0.164 e. The van der Waals surface area contributed by atoms with Crippen LogP contribution in [-0.4, -0.2) is 56.5 Å². The number of aliphatic hydroxyl groups excluding tert-OH is 1. The number of aliphatic hydroxyl groups is 1. The molecule has 3 heterocycles. The Morgan fingerprint density at radius 2 is 1.76 bits per heavy atom. The number of rotatable bonds is 7. The highest BCUT2D eigenvalue weighted by molar-refractivity contribution is 5.94.